The van der Waals surface area contributed by atoms with E-state index in [9.17, 15) is 9.59 Å². The van der Waals surface area contributed by atoms with Gasteiger partial charge in [-0.3, -0.25) is 4.79 Å². The van der Waals surface area contributed by atoms with Crippen molar-refractivity contribution in [1.29, 1.82) is 0 Å². The van der Waals surface area contributed by atoms with Crippen LogP contribution in [0.15, 0.2) is 0 Å². The molecule has 0 saturated heterocycles. The zero-order chi connectivity index (χ0) is 7.65. The van der Waals surface area contributed by atoms with Gasteiger partial charge >= 0.3 is 29.0 Å². The van der Waals surface area contributed by atoms with Gasteiger partial charge in [0.15, 0.2) is 0 Å². The quantitative estimate of drug-likeness (QED) is 0.445. The number of carboxylic acids is 1. The third-order valence-electron chi connectivity index (χ3n) is 0.875. The Bertz CT molecular complexity index is 153. The molecule has 0 aromatic heterocycles. The first-order chi connectivity index (χ1) is 3.85. The van der Waals surface area contributed by atoms with Crippen LogP contribution in [0.5, 0.6) is 0 Å². The van der Waals surface area contributed by atoms with Gasteiger partial charge in [0.2, 0.25) is 5.78 Å². The zero-order valence-electron chi connectivity index (χ0n) is 8.47. The number of Topliss-reactive ketones (excluding diaryl/α,β-unsaturated/α-hetero) is 1. The molecule has 0 aliphatic rings. The third kappa shape index (κ3) is 3.84. The molecule has 0 fully saturated rings. The smallest absolute Gasteiger partial charge is 1.00 e. The molecule has 0 spiro atoms. The summed E-state index contributed by atoms with van der Waals surface area (Å²) in [6, 6.07) is 0. The maximum atomic E-state index is 10.6. The molecule has 0 heterocycles. The molecular formula is C6H12MgO3. The standard InChI is InChI=1S/C6H10O3.Mg.2H/c1-6(2,3)4(7)5(8)9;;;/h1-3H3,(H,8,9);;;/q;+2;2*-1. The summed E-state index contributed by atoms with van der Waals surface area (Å²) in [5, 5.41) is 8.17. The molecule has 4 heteroatoms. The fourth-order valence-corrected chi connectivity index (χ4v) is 0.321. The molecule has 0 amide bonds. The van der Waals surface area contributed by atoms with E-state index in [4.69, 9.17) is 5.11 Å². The molecule has 56 valence electrons. The first kappa shape index (κ1) is 12.6. The van der Waals surface area contributed by atoms with E-state index >= 15 is 0 Å². The van der Waals surface area contributed by atoms with Crippen LogP contribution in [-0.4, -0.2) is 39.9 Å². The molecule has 0 saturated carbocycles. The van der Waals surface area contributed by atoms with E-state index in [1.807, 2.05) is 0 Å². The summed E-state index contributed by atoms with van der Waals surface area (Å²) in [5.41, 5.74) is -0.758. The van der Waals surface area contributed by atoms with Crippen LogP contribution in [0.25, 0.3) is 0 Å². The number of carboxylic acid groups (broad SMARTS) is 1. The molecule has 3 nitrogen and oxygen atoms in total. The SMILES string of the molecule is CC(C)(C)C(=O)C(=O)O.[H-].[H-].[Mg+2]. The van der Waals surface area contributed by atoms with Crippen LogP contribution in [-0.2, 0) is 9.59 Å². The summed E-state index contributed by atoms with van der Waals surface area (Å²) in [6.45, 7) is 4.72. The summed E-state index contributed by atoms with van der Waals surface area (Å²) in [6.07, 6.45) is 0. The summed E-state index contributed by atoms with van der Waals surface area (Å²) < 4.78 is 0. The van der Waals surface area contributed by atoms with E-state index in [2.05, 4.69) is 0 Å². The second-order valence-electron chi connectivity index (χ2n) is 2.88. The van der Waals surface area contributed by atoms with Gasteiger partial charge < -0.3 is 7.96 Å². The van der Waals surface area contributed by atoms with Gasteiger partial charge in [-0.2, -0.15) is 0 Å². The molecule has 0 unspecified atom stereocenters. The number of ketones is 1. The third-order valence-corrected chi connectivity index (χ3v) is 0.875. The Balaban J connectivity index is -0.000000107. The average molecular weight is 156 g/mol. The topological polar surface area (TPSA) is 54.4 Å². The maximum Gasteiger partial charge on any atom is 2.00 e. The minimum Gasteiger partial charge on any atom is -1.00 e. The predicted molar refractivity (Wildman–Crippen MR) is 40.1 cm³/mol. The molecule has 0 aromatic rings. The van der Waals surface area contributed by atoms with Crippen molar-refractivity contribution in [2.24, 2.45) is 5.41 Å². The van der Waals surface area contributed by atoms with Crippen molar-refractivity contribution in [3.63, 3.8) is 0 Å². The van der Waals surface area contributed by atoms with E-state index in [0.717, 1.165) is 0 Å². The summed E-state index contributed by atoms with van der Waals surface area (Å²) in [5.74, 6) is -2.11. The summed E-state index contributed by atoms with van der Waals surface area (Å²) >= 11 is 0. The average Bonchev–Trinajstić information content (AvgIpc) is 1.62. The van der Waals surface area contributed by atoms with Gasteiger partial charge in [-0.05, 0) is 0 Å². The monoisotopic (exact) mass is 156 g/mol. The van der Waals surface area contributed by atoms with Crippen LogP contribution in [0.3, 0.4) is 0 Å². The first-order valence-electron chi connectivity index (χ1n) is 2.63. The van der Waals surface area contributed by atoms with Crippen molar-refractivity contribution < 1.29 is 17.5 Å². The van der Waals surface area contributed by atoms with Crippen molar-refractivity contribution >= 4 is 34.8 Å². The fourth-order valence-electron chi connectivity index (χ4n) is 0.321. The number of rotatable bonds is 1. The Morgan fingerprint density at radius 3 is 1.60 bits per heavy atom. The van der Waals surface area contributed by atoms with E-state index in [0.29, 0.717) is 0 Å². The Labute approximate surface area is 78.9 Å². The second kappa shape index (κ2) is 3.93. The van der Waals surface area contributed by atoms with Gasteiger partial charge in [0.05, 0.1) is 0 Å². The minimum atomic E-state index is -1.36. The van der Waals surface area contributed by atoms with Crippen molar-refractivity contribution in [3.8, 4) is 0 Å². The fraction of sp³-hybridized carbons (Fsp3) is 0.667. The number of carbonyl (C=O) groups is 2. The first-order valence-corrected chi connectivity index (χ1v) is 2.63. The van der Waals surface area contributed by atoms with Crippen molar-refractivity contribution in [2.45, 2.75) is 20.8 Å². The van der Waals surface area contributed by atoms with Crippen molar-refractivity contribution in [1.82, 2.24) is 0 Å². The van der Waals surface area contributed by atoms with E-state index in [1.54, 1.807) is 20.8 Å². The number of aliphatic carboxylic acids is 1. The molecule has 0 aromatic carbocycles. The minimum absolute atomic E-state index is 0. The van der Waals surface area contributed by atoms with Gasteiger partial charge in [0.25, 0.3) is 0 Å². The Hall–Kier alpha value is -0.0938. The maximum absolute atomic E-state index is 10.6. The molecule has 0 radical (unpaired) electrons. The largest absolute Gasteiger partial charge is 2.00 e. The van der Waals surface area contributed by atoms with Gasteiger partial charge in [-0.15, -0.1) is 0 Å². The Kier molecular flexibility index (Phi) is 4.94. The van der Waals surface area contributed by atoms with Gasteiger partial charge in [-0.1, -0.05) is 20.8 Å². The van der Waals surface area contributed by atoms with Crippen LogP contribution in [0.1, 0.15) is 23.6 Å². The van der Waals surface area contributed by atoms with Crippen LogP contribution >= 0.6 is 0 Å². The molecule has 1 N–H and O–H groups in total. The van der Waals surface area contributed by atoms with Gasteiger partial charge in [-0.25, -0.2) is 4.79 Å². The number of carbonyl (C=O) groups excluding carboxylic acids is 1. The molecular weight excluding hydrogens is 144 g/mol. The zero-order valence-corrected chi connectivity index (χ0v) is 7.89. The van der Waals surface area contributed by atoms with Crippen molar-refractivity contribution in [2.75, 3.05) is 0 Å². The van der Waals surface area contributed by atoms with Crippen molar-refractivity contribution in [3.05, 3.63) is 0 Å². The Morgan fingerprint density at radius 1 is 1.30 bits per heavy atom. The van der Waals surface area contributed by atoms with E-state index in [-0.39, 0.29) is 25.9 Å². The molecule has 0 rings (SSSR count). The summed E-state index contributed by atoms with van der Waals surface area (Å²) in [7, 11) is 0. The van der Waals surface area contributed by atoms with Gasteiger partial charge in [0, 0.05) is 5.41 Å². The number of hydrogen-bond acceptors (Lipinski definition) is 2. The molecule has 0 atom stereocenters. The van der Waals surface area contributed by atoms with Crippen LogP contribution in [0.2, 0.25) is 0 Å². The molecule has 0 aliphatic heterocycles. The summed E-state index contributed by atoms with van der Waals surface area (Å²) in [4.78, 5) is 20.6. The molecule has 0 bridgehead atoms. The van der Waals surface area contributed by atoms with Gasteiger partial charge in [0.1, 0.15) is 0 Å². The normalized spacial score (nSPS) is 9.90. The van der Waals surface area contributed by atoms with Crippen LogP contribution in [0.4, 0.5) is 0 Å². The number of hydrogen-bond donors (Lipinski definition) is 1. The van der Waals surface area contributed by atoms with E-state index in [1.165, 1.54) is 0 Å². The molecule has 0 aliphatic carbocycles. The van der Waals surface area contributed by atoms with Crippen LogP contribution < -0.4 is 0 Å². The van der Waals surface area contributed by atoms with E-state index < -0.39 is 17.2 Å². The molecule has 10 heavy (non-hydrogen) atoms. The predicted octanol–water partition coefficient (Wildman–Crippen LogP) is 0.530. The Morgan fingerprint density at radius 2 is 1.60 bits per heavy atom. The van der Waals surface area contributed by atoms with Crippen LogP contribution in [0, 0.1) is 5.41 Å². The second-order valence-corrected chi connectivity index (χ2v) is 2.88.